The monoisotopic (exact) mass is 258 g/mol. The summed E-state index contributed by atoms with van der Waals surface area (Å²) in [6.45, 7) is 4.41. The lowest BCUT2D eigenvalue weighted by atomic mass is 10.0. The topological polar surface area (TPSA) is 46.5 Å². The molecule has 0 atom stereocenters. The first-order chi connectivity index (χ1) is 9.15. The van der Waals surface area contributed by atoms with Crippen LogP contribution in [0.2, 0.25) is 0 Å². The maximum atomic E-state index is 10.5. The Bertz CT molecular complexity index is 478. The van der Waals surface area contributed by atoms with Crippen LogP contribution in [0.4, 0.5) is 0 Å². The van der Waals surface area contributed by atoms with Crippen molar-refractivity contribution in [3.05, 3.63) is 71.8 Å². The van der Waals surface area contributed by atoms with Crippen molar-refractivity contribution in [2.45, 2.75) is 19.8 Å². The molecular weight excluding hydrogens is 240 g/mol. The van der Waals surface area contributed by atoms with Crippen LogP contribution in [0.3, 0.4) is 0 Å². The molecule has 0 saturated carbocycles. The van der Waals surface area contributed by atoms with Gasteiger partial charge in [0, 0.05) is 0 Å². The highest BCUT2D eigenvalue weighted by atomic mass is 17.1. The van der Waals surface area contributed by atoms with Crippen molar-refractivity contribution < 1.29 is 14.9 Å². The molecule has 0 bridgehead atoms. The number of rotatable bonds is 2. The molecule has 0 heterocycles. The Kier molecular flexibility index (Phi) is 6.33. The summed E-state index contributed by atoms with van der Waals surface area (Å²) in [6.07, 6.45) is 0. The molecule has 2 aromatic rings. The van der Waals surface area contributed by atoms with Gasteiger partial charge in [-0.25, -0.2) is 4.79 Å². The third-order valence-electron chi connectivity index (χ3n) is 2.56. The fourth-order valence-electron chi connectivity index (χ4n) is 1.46. The van der Waals surface area contributed by atoms with Gasteiger partial charge in [0.15, 0.2) is 0 Å². The Labute approximate surface area is 113 Å². The van der Waals surface area contributed by atoms with Gasteiger partial charge >= 0.3 is 5.97 Å². The lowest BCUT2D eigenvalue weighted by Gasteiger charge is -2.01. The van der Waals surface area contributed by atoms with Crippen LogP contribution in [0.5, 0.6) is 0 Å². The first kappa shape index (κ1) is 14.9. The molecule has 19 heavy (non-hydrogen) atoms. The van der Waals surface area contributed by atoms with Gasteiger partial charge in [0.2, 0.25) is 0 Å². The van der Waals surface area contributed by atoms with Crippen LogP contribution in [-0.2, 0) is 4.89 Å². The van der Waals surface area contributed by atoms with Crippen molar-refractivity contribution in [2.75, 3.05) is 0 Å². The van der Waals surface area contributed by atoms with Gasteiger partial charge < -0.3 is 0 Å². The molecular formula is C16H18O3. The summed E-state index contributed by atoms with van der Waals surface area (Å²) in [5, 5.41) is 7.94. The molecule has 2 aromatic carbocycles. The quantitative estimate of drug-likeness (QED) is 0.651. The van der Waals surface area contributed by atoms with Crippen molar-refractivity contribution in [3.63, 3.8) is 0 Å². The van der Waals surface area contributed by atoms with E-state index in [1.165, 1.54) is 5.56 Å². The lowest BCUT2D eigenvalue weighted by molar-refractivity contribution is -0.182. The number of hydrogen-bond acceptors (Lipinski definition) is 3. The van der Waals surface area contributed by atoms with Crippen molar-refractivity contribution in [1.82, 2.24) is 0 Å². The van der Waals surface area contributed by atoms with Gasteiger partial charge in [0.1, 0.15) is 0 Å². The summed E-state index contributed by atoms with van der Waals surface area (Å²) in [6, 6.07) is 18.8. The minimum absolute atomic E-state index is 0.338. The predicted octanol–water partition coefficient (Wildman–Crippen LogP) is 4.13. The molecule has 100 valence electrons. The molecule has 0 radical (unpaired) electrons. The molecule has 0 amide bonds. The van der Waals surface area contributed by atoms with E-state index in [1.807, 2.05) is 6.07 Å². The Hall–Kier alpha value is -2.13. The second-order valence-electron chi connectivity index (χ2n) is 4.31. The van der Waals surface area contributed by atoms with E-state index in [4.69, 9.17) is 5.26 Å². The molecule has 0 saturated heterocycles. The SMILES string of the molecule is CC(C)c1ccccc1.O=C(OO)c1ccccc1. The molecule has 2 rings (SSSR count). The zero-order chi connectivity index (χ0) is 14.1. The lowest BCUT2D eigenvalue weighted by Crippen LogP contribution is -2.00. The standard InChI is InChI=1S/C9H12.C7H6O3/c1-8(2)9-6-4-3-5-7-9;8-7(10-9)6-4-2-1-3-5-6/h3-8H,1-2H3;1-5,9H. The first-order valence-electron chi connectivity index (χ1n) is 6.11. The van der Waals surface area contributed by atoms with Gasteiger partial charge in [0.05, 0.1) is 5.56 Å². The second-order valence-corrected chi connectivity index (χ2v) is 4.31. The van der Waals surface area contributed by atoms with Crippen LogP contribution in [0.25, 0.3) is 0 Å². The summed E-state index contributed by atoms with van der Waals surface area (Å²) >= 11 is 0. The Morgan fingerprint density at radius 3 is 1.79 bits per heavy atom. The Morgan fingerprint density at radius 2 is 1.42 bits per heavy atom. The van der Waals surface area contributed by atoms with Crippen LogP contribution >= 0.6 is 0 Å². The summed E-state index contributed by atoms with van der Waals surface area (Å²) < 4.78 is 0. The molecule has 0 fully saturated rings. The van der Waals surface area contributed by atoms with Gasteiger partial charge in [-0.3, -0.25) is 4.89 Å². The van der Waals surface area contributed by atoms with Crippen LogP contribution in [0.1, 0.15) is 35.7 Å². The zero-order valence-corrected chi connectivity index (χ0v) is 11.1. The number of hydrogen-bond donors (Lipinski definition) is 1. The molecule has 0 unspecified atom stereocenters. The Morgan fingerprint density at radius 1 is 0.947 bits per heavy atom. The largest absolute Gasteiger partial charge is 0.372 e. The summed E-state index contributed by atoms with van der Waals surface area (Å²) in [7, 11) is 0. The average molecular weight is 258 g/mol. The van der Waals surface area contributed by atoms with E-state index in [0.717, 1.165) is 0 Å². The fourth-order valence-corrected chi connectivity index (χ4v) is 1.46. The molecule has 0 aromatic heterocycles. The highest BCUT2D eigenvalue weighted by molar-refractivity contribution is 5.88. The maximum absolute atomic E-state index is 10.5. The van der Waals surface area contributed by atoms with Gasteiger partial charge in [-0.1, -0.05) is 62.4 Å². The van der Waals surface area contributed by atoms with Crippen molar-refractivity contribution >= 4 is 5.97 Å². The number of benzene rings is 2. The summed E-state index contributed by atoms with van der Waals surface area (Å²) in [4.78, 5) is 14.0. The van der Waals surface area contributed by atoms with E-state index in [1.54, 1.807) is 30.3 Å². The molecule has 3 nitrogen and oxygen atoms in total. The van der Waals surface area contributed by atoms with E-state index in [0.29, 0.717) is 11.5 Å². The number of carbonyl (C=O) groups excluding carboxylic acids is 1. The molecule has 0 aliphatic heterocycles. The van der Waals surface area contributed by atoms with E-state index >= 15 is 0 Å². The smallest absolute Gasteiger partial charge is 0.296 e. The third-order valence-corrected chi connectivity index (χ3v) is 2.56. The predicted molar refractivity (Wildman–Crippen MR) is 75.0 cm³/mol. The Balaban J connectivity index is 0.000000191. The van der Waals surface area contributed by atoms with Crippen molar-refractivity contribution in [2.24, 2.45) is 0 Å². The summed E-state index contributed by atoms with van der Waals surface area (Å²) in [5.74, 6) is -0.0770. The van der Waals surface area contributed by atoms with Gasteiger partial charge in [-0.2, -0.15) is 5.26 Å². The normalized spacial score (nSPS) is 9.47. The van der Waals surface area contributed by atoms with Crippen LogP contribution in [0.15, 0.2) is 60.7 Å². The third kappa shape index (κ3) is 5.36. The van der Waals surface area contributed by atoms with Gasteiger partial charge in [-0.15, -0.1) is 0 Å². The van der Waals surface area contributed by atoms with Crippen molar-refractivity contribution in [1.29, 1.82) is 0 Å². The minimum Gasteiger partial charge on any atom is -0.296 e. The molecule has 0 aliphatic carbocycles. The molecule has 0 aliphatic rings. The highest BCUT2D eigenvalue weighted by Gasteiger charge is 2.02. The van der Waals surface area contributed by atoms with E-state index in [-0.39, 0.29) is 0 Å². The first-order valence-corrected chi connectivity index (χ1v) is 6.11. The number of carbonyl (C=O) groups is 1. The van der Waals surface area contributed by atoms with E-state index < -0.39 is 5.97 Å². The molecule has 3 heteroatoms. The highest BCUT2D eigenvalue weighted by Crippen LogP contribution is 2.11. The van der Waals surface area contributed by atoms with E-state index in [2.05, 4.69) is 43.0 Å². The molecule has 0 spiro atoms. The van der Waals surface area contributed by atoms with Crippen LogP contribution in [-0.4, -0.2) is 11.2 Å². The minimum atomic E-state index is -0.736. The van der Waals surface area contributed by atoms with Crippen molar-refractivity contribution in [3.8, 4) is 0 Å². The fraction of sp³-hybridized carbons (Fsp3) is 0.188. The van der Waals surface area contributed by atoms with Gasteiger partial charge in [-0.05, 0) is 23.6 Å². The van der Waals surface area contributed by atoms with Crippen LogP contribution in [0, 0.1) is 0 Å². The zero-order valence-electron chi connectivity index (χ0n) is 11.1. The molecule has 1 N–H and O–H groups in total. The average Bonchev–Trinajstić information content (AvgIpc) is 2.49. The second kappa shape index (κ2) is 8.06. The van der Waals surface area contributed by atoms with Crippen LogP contribution < -0.4 is 0 Å². The van der Waals surface area contributed by atoms with E-state index in [9.17, 15) is 4.79 Å². The summed E-state index contributed by atoms with van der Waals surface area (Å²) in [5.41, 5.74) is 1.75. The van der Waals surface area contributed by atoms with Gasteiger partial charge in [0.25, 0.3) is 0 Å². The maximum Gasteiger partial charge on any atom is 0.372 e.